The maximum atomic E-state index is 14.7. The highest BCUT2D eigenvalue weighted by Crippen LogP contribution is 2.41. The van der Waals surface area contributed by atoms with Crippen molar-refractivity contribution in [3.63, 3.8) is 0 Å². The molecule has 222 valence electrons. The third-order valence-electron chi connectivity index (χ3n) is 7.17. The summed E-state index contributed by atoms with van der Waals surface area (Å²) in [4.78, 5) is 32.9. The molecule has 4 heterocycles. The second-order valence-electron chi connectivity index (χ2n) is 11.6. The van der Waals surface area contributed by atoms with Crippen molar-refractivity contribution >= 4 is 34.2 Å². The molecule has 2 fully saturated rings. The fraction of sp³-hybridized carbons (Fsp3) is 0.355. The van der Waals surface area contributed by atoms with E-state index in [1.807, 2.05) is 35.1 Å². The van der Waals surface area contributed by atoms with Crippen molar-refractivity contribution in [2.45, 2.75) is 44.9 Å². The molecule has 12 heteroatoms. The summed E-state index contributed by atoms with van der Waals surface area (Å²) in [6.07, 6.45) is 1.94. The first-order valence-corrected chi connectivity index (χ1v) is 14.7. The van der Waals surface area contributed by atoms with Gasteiger partial charge in [0, 0.05) is 22.0 Å². The van der Waals surface area contributed by atoms with E-state index in [0.717, 1.165) is 21.3 Å². The van der Waals surface area contributed by atoms with Gasteiger partial charge in [-0.1, -0.05) is 12.1 Å². The Balaban J connectivity index is 1.32. The molecule has 0 unspecified atom stereocenters. The Morgan fingerprint density at radius 2 is 1.95 bits per heavy atom. The van der Waals surface area contributed by atoms with Crippen LogP contribution in [0, 0.1) is 17.1 Å². The molecule has 0 bridgehead atoms. The van der Waals surface area contributed by atoms with Crippen LogP contribution in [0.5, 0.6) is 0 Å². The van der Waals surface area contributed by atoms with Crippen LogP contribution in [0.3, 0.4) is 0 Å². The first kappa shape index (κ1) is 28.8. The molecular formula is C31H30FN5O5S. The number of halogens is 1. The van der Waals surface area contributed by atoms with Crippen LogP contribution in [0.15, 0.2) is 48.7 Å². The van der Waals surface area contributed by atoms with Crippen molar-refractivity contribution in [3.8, 4) is 27.6 Å². The van der Waals surface area contributed by atoms with Crippen molar-refractivity contribution in [3.05, 3.63) is 64.9 Å². The first-order valence-electron chi connectivity index (χ1n) is 13.9. The number of fused-ring (bicyclic) bond motifs is 1. The van der Waals surface area contributed by atoms with E-state index in [0.29, 0.717) is 35.6 Å². The van der Waals surface area contributed by atoms with Crippen LogP contribution >= 0.6 is 11.3 Å². The fourth-order valence-corrected chi connectivity index (χ4v) is 6.07. The molecular weight excluding hydrogens is 573 g/mol. The van der Waals surface area contributed by atoms with Crippen molar-refractivity contribution in [1.29, 1.82) is 5.26 Å². The Labute approximate surface area is 251 Å². The number of nitrogens with zero attached hydrogens (tertiary/aromatic N) is 4. The molecule has 2 amide bonds. The molecule has 2 aliphatic rings. The summed E-state index contributed by atoms with van der Waals surface area (Å²) in [5.41, 5.74) is 2.15. The third-order valence-corrected chi connectivity index (χ3v) is 8.34. The van der Waals surface area contributed by atoms with Crippen LogP contribution < -0.4 is 5.32 Å². The summed E-state index contributed by atoms with van der Waals surface area (Å²) in [6, 6.07) is 13.7. The van der Waals surface area contributed by atoms with Crippen LogP contribution in [-0.4, -0.2) is 64.9 Å². The topological polar surface area (TPSA) is 119 Å². The number of carbonyl (C=O) groups excluding carboxylic acids is 2. The average Bonchev–Trinajstić information content (AvgIpc) is 3.55. The fourth-order valence-electron chi connectivity index (χ4n) is 4.95. The standard InChI is InChI=1S/C31H30FN5O5S/c1-31(2,3)42-30(39)34-22-8-9-41-37(15-22)29(38)27-12-24(18-4-5-20(13-33)25(32)11-18)28(43-27)19-6-7-26-21(10-19)14-36(35-26)23-16-40-17-23/h4-7,10-12,14,22-23H,8-9,15-17H2,1-3H3,(H,34,39)/t22-/m1/s1. The zero-order valence-corrected chi connectivity index (χ0v) is 24.7. The van der Waals surface area contributed by atoms with E-state index < -0.39 is 17.5 Å². The Bertz CT molecular complexity index is 1750. The van der Waals surface area contributed by atoms with E-state index >= 15 is 0 Å². The quantitative estimate of drug-likeness (QED) is 0.312. The molecule has 43 heavy (non-hydrogen) atoms. The number of hydrogen-bond donors (Lipinski definition) is 1. The molecule has 2 aromatic carbocycles. The molecule has 0 aliphatic carbocycles. The predicted octanol–water partition coefficient (Wildman–Crippen LogP) is 5.68. The summed E-state index contributed by atoms with van der Waals surface area (Å²) < 4.78 is 27.3. The number of carbonyl (C=O) groups is 2. The highest BCUT2D eigenvalue weighted by atomic mass is 32.1. The number of benzene rings is 2. The molecule has 1 atom stereocenters. The molecule has 2 saturated heterocycles. The maximum Gasteiger partial charge on any atom is 0.407 e. The van der Waals surface area contributed by atoms with Gasteiger partial charge in [0.25, 0.3) is 5.91 Å². The number of hydrogen-bond acceptors (Lipinski definition) is 8. The molecule has 2 aliphatic heterocycles. The summed E-state index contributed by atoms with van der Waals surface area (Å²) in [5.74, 6) is -1.01. The lowest BCUT2D eigenvalue weighted by molar-refractivity contribution is -0.151. The number of ether oxygens (including phenoxy) is 2. The smallest absolute Gasteiger partial charge is 0.407 e. The Kier molecular flexibility index (Phi) is 7.64. The van der Waals surface area contributed by atoms with Crippen LogP contribution in [0.2, 0.25) is 0 Å². The molecule has 0 spiro atoms. The maximum absolute atomic E-state index is 14.7. The summed E-state index contributed by atoms with van der Waals surface area (Å²) in [5, 5.41) is 18.9. The van der Waals surface area contributed by atoms with E-state index in [-0.39, 0.29) is 36.7 Å². The van der Waals surface area contributed by atoms with E-state index in [4.69, 9.17) is 14.3 Å². The molecule has 6 rings (SSSR count). The molecule has 0 saturated carbocycles. The number of rotatable bonds is 5. The Hall–Kier alpha value is -4.31. The van der Waals surface area contributed by atoms with Crippen molar-refractivity contribution in [2.75, 3.05) is 26.4 Å². The summed E-state index contributed by atoms with van der Waals surface area (Å²) in [7, 11) is 0. The molecule has 10 nitrogen and oxygen atoms in total. The van der Waals surface area contributed by atoms with Crippen LogP contribution in [-0.2, 0) is 14.3 Å². The van der Waals surface area contributed by atoms with Crippen molar-refractivity contribution in [1.82, 2.24) is 20.2 Å². The van der Waals surface area contributed by atoms with Gasteiger partial charge in [-0.2, -0.15) is 10.4 Å². The number of aromatic nitrogens is 2. The molecule has 0 radical (unpaired) electrons. The second kappa shape index (κ2) is 11.4. The van der Waals surface area contributed by atoms with Gasteiger partial charge in [-0.25, -0.2) is 14.2 Å². The van der Waals surface area contributed by atoms with Gasteiger partial charge in [0.15, 0.2) is 0 Å². The van der Waals surface area contributed by atoms with Crippen LogP contribution in [0.4, 0.5) is 9.18 Å². The predicted molar refractivity (Wildman–Crippen MR) is 158 cm³/mol. The zero-order chi connectivity index (χ0) is 30.3. The minimum Gasteiger partial charge on any atom is -0.444 e. The largest absolute Gasteiger partial charge is 0.444 e. The SMILES string of the molecule is CC(C)(C)OC(=O)N[C@@H]1CCON(C(=O)c2cc(-c3ccc(C#N)c(F)c3)c(-c3ccc4nn(C5COC5)cc4c3)s2)C1. The molecule has 2 aromatic heterocycles. The number of alkyl carbamates (subject to hydrolysis) is 1. The monoisotopic (exact) mass is 603 g/mol. The highest BCUT2D eigenvalue weighted by molar-refractivity contribution is 7.18. The third kappa shape index (κ3) is 6.10. The second-order valence-corrected chi connectivity index (χ2v) is 12.6. The average molecular weight is 604 g/mol. The minimum absolute atomic E-state index is 0.0594. The van der Waals surface area contributed by atoms with E-state index in [9.17, 15) is 19.2 Å². The van der Waals surface area contributed by atoms with Crippen LogP contribution in [0.25, 0.3) is 32.5 Å². The number of nitrogens with one attached hydrogen (secondary N) is 1. The number of nitriles is 1. The highest BCUT2D eigenvalue weighted by Gasteiger charge is 2.30. The van der Waals surface area contributed by atoms with Crippen LogP contribution in [0.1, 0.15) is 48.5 Å². The van der Waals surface area contributed by atoms with Gasteiger partial charge in [-0.05, 0) is 68.7 Å². The number of hydroxylamine groups is 2. The minimum atomic E-state index is -0.646. The van der Waals surface area contributed by atoms with Gasteiger partial charge in [0.05, 0.1) is 54.4 Å². The van der Waals surface area contributed by atoms with Gasteiger partial charge in [0.1, 0.15) is 17.5 Å². The number of amides is 2. The van der Waals surface area contributed by atoms with Crippen molar-refractivity contribution < 1.29 is 28.3 Å². The lowest BCUT2D eigenvalue weighted by atomic mass is 10.00. The van der Waals surface area contributed by atoms with E-state index in [1.165, 1.54) is 28.5 Å². The normalized spacial score (nSPS) is 17.4. The van der Waals surface area contributed by atoms with E-state index in [2.05, 4.69) is 10.4 Å². The molecule has 4 aromatic rings. The zero-order valence-electron chi connectivity index (χ0n) is 23.9. The van der Waals surface area contributed by atoms with E-state index in [1.54, 1.807) is 32.9 Å². The van der Waals surface area contributed by atoms with Gasteiger partial charge in [-0.15, -0.1) is 11.3 Å². The first-order chi connectivity index (χ1) is 20.6. The summed E-state index contributed by atoms with van der Waals surface area (Å²) >= 11 is 1.27. The Morgan fingerprint density at radius 1 is 1.16 bits per heavy atom. The van der Waals surface area contributed by atoms with Gasteiger partial charge >= 0.3 is 6.09 Å². The lowest BCUT2D eigenvalue weighted by Crippen LogP contribution is -2.50. The van der Waals surface area contributed by atoms with Gasteiger partial charge in [0.2, 0.25) is 0 Å². The Morgan fingerprint density at radius 3 is 2.65 bits per heavy atom. The van der Waals surface area contributed by atoms with Crippen molar-refractivity contribution in [2.24, 2.45) is 0 Å². The summed E-state index contributed by atoms with van der Waals surface area (Å²) in [6.45, 7) is 6.98. The molecule has 1 N–H and O–H groups in total. The number of thiophene rings is 1. The van der Waals surface area contributed by atoms with Gasteiger partial charge < -0.3 is 14.8 Å². The lowest BCUT2D eigenvalue weighted by Gasteiger charge is -2.32. The van der Waals surface area contributed by atoms with Gasteiger partial charge in [-0.3, -0.25) is 14.3 Å².